The fraction of sp³-hybridized carbons (Fsp3) is 0.526. The number of rotatable bonds is 9. The van der Waals surface area contributed by atoms with E-state index in [9.17, 15) is 0 Å². The molecule has 5 heteroatoms. The van der Waals surface area contributed by atoms with Crippen molar-refractivity contribution in [1.82, 2.24) is 15.6 Å². The number of aryl methyl sites for hydroxylation is 1. The number of guanidine groups is 1. The average molecular weight is 347 g/mol. The summed E-state index contributed by atoms with van der Waals surface area (Å²) in [5.41, 5.74) is 4.03. The van der Waals surface area contributed by atoms with Gasteiger partial charge in [-0.15, -0.1) is 0 Å². The van der Waals surface area contributed by atoms with Gasteiger partial charge in [-0.3, -0.25) is 4.99 Å². The highest BCUT2D eigenvalue weighted by molar-refractivity contribution is 7.98. The van der Waals surface area contributed by atoms with Crippen LogP contribution in [-0.2, 0) is 12.8 Å². The molecule has 2 rings (SSSR count). The highest BCUT2D eigenvalue weighted by atomic mass is 32.2. The van der Waals surface area contributed by atoms with Crippen LogP contribution in [0.5, 0.6) is 0 Å². The zero-order valence-electron chi connectivity index (χ0n) is 15.1. The van der Waals surface area contributed by atoms with Crippen molar-refractivity contribution >= 4 is 28.6 Å². The van der Waals surface area contributed by atoms with Crippen molar-refractivity contribution in [2.45, 2.75) is 32.6 Å². The summed E-state index contributed by atoms with van der Waals surface area (Å²) in [6.07, 6.45) is 8.78. The first-order chi connectivity index (χ1) is 11.8. The minimum atomic E-state index is 0.883. The molecule has 0 bridgehead atoms. The lowest BCUT2D eigenvalue weighted by atomic mass is 10.1. The summed E-state index contributed by atoms with van der Waals surface area (Å²) in [7, 11) is 1.83. The lowest BCUT2D eigenvalue weighted by molar-refractivity contribution is 0.731. The molecule has 0 saturated heterocycles. The molecule has 2 aromatic rings. The van der Waals surface area contributed by atoms with Gasteiger partial charge in [-0.25, -0.2) is 0 Å². The molecule has 4 nitrogen and oxygen atoms in total. The highest BCUT2D eigenvalue weighted by Gasteiger charge is 2.06. The number of nitrogens with one attached hydrogen (secondary N) is 3. The predicted octanol–water partition coefficient (Wildman–Crippen LogP) is 3.58. The Labute approximate surface area is 149 Å². The van der Waals surface area contributed by atoms with E-state index >= 15 is 0 Å². The van der Waals surface area contributed by atoms with Gasteiger partial charge in [-0.2, -0.15) is 11.8 Å². The number of benzene rings is 1. The summed E-state index contributed by atoms with van der Waals surface area (Å²) in [6.45, 7) is 4.06. The molecule has 0 amide bonds. The van der Waals surface area contributed by atoms with Gasteiger partial charge in [0.1, 0.15) is 0 Å². The van der Waals surface area contributed by atoms with Crippen LogP contribution in [0.1, 0.15) is 30.9 Å². The summed E-state index contributed by atoms with van der Waals surface area (Å²) in [5, 5.41) is 8.14. The number of fused-ring (bicyclic) bond motifs is 1. The van der Waals surface area contributed by atoms with Gasteiger partial charge >= 0.3 is 0 Å². The molecular formula is C19H30N4S. The first kappa shape index (κ1) is 18.7. The van der Waals surface area contributed by atoms with Crippen molar-refractivity contribution in [2.75, 3.05) is 32.1 Å². The molecule has 0 aliphatic heterocycles. The molecular weight excluding hydrogens is 316 g/mol. The number of para-hydroxylation sites is 1. The smallest absolute Gasteiger partial charge is 0.190 e. The Bertz CT molecular complexity index is 648. The Morgan fingerprint density at radius 1 is 1.17 bits per heavy atom. The average Bonchev–Trinajstić information content (AvgIpc) is 3.03. The van der Waals surface area contributed by atoms with Crippen molar-refractivity contribution in [3.05, 3.63) is 35.5 Å². The quantitative estimate of drug-likeness (QED) is 0.369. The fourth-order valence-electron chi connectivity index (χ4n) is 2.89. The number of unbranched alkanes of at least 4 members (excludes halogenated alkanes) is 1. The number of aromatic nitrogens is 1. The van der Waals surface area contributed by atoms with E-state index in [4.69, 9.17) is 0 Å². The fourth-order valence-corrected chi connectivity index (χ4v) is 3.38. The monoisotopic (exact) mass is 346 g/mol. The number of aliphatic imine (C=N–C) groups is 1. The molecule has 0 atom stereocenters. The van der Waals surface area contributed by atoms with E-state index in [1.807, 2.05) is 18.8 Å². The molecule has 0 radical (unpaired) electrons. The Morgan fingerprint density at radius 3 is 2.75 bits per heavy atom. The zero-order chi connectivity index (χ0) is 17.2. The second kappa shape index (κ2) is 10.3. The van der Waals surface area contributed by atoms with Gasteiger partial charge < -0.3 is 15.6 Å². The standard InChI is InChI=1S/C19H30N4S/c1-4-15-8-7-9-17-16(14-23-18(15)17)10-12-22-19(20-2)21-11-5-6-13-24-3/h7-9,14,23H,4-6,10-13H2,1-3H3,(H2,20,21,22). The van der Waals surface area contributed by atoms with Gasteiger partial charge in [0.25, 0.3) is 0 Å². The van der Waals surface area contributed by atoms with Crippen LogP contribution < -0.4 is 10.6 Å². The molecule has 1 aromatic carbocycles. The number of nitrogens with zero attached hydrogens (tertiary/aromatic N) is 1. The number of hydrogen-bond donors (Lipinski definition) is 3. The van der Waals surface area contributed by atoms with Crippen molar-refractivity contribution in [2.24, 2.45) is 4.99 Å². The first-order valence-corrected chi connectivity index (χ1v) is 10.2. The van der Waals surface area contributed by atoms with Crippen LogP contribution in [0.2, 0.25) is 0 Å². The van der Waals surface area contributed by atoms with Gasteiger partial charge in [-0.05, 0) is 48.8 Å². The second-order valence-electron chi connectivity index (χ2n) is 5.88. The van der Waals surface area contributed by atoms with Gasteiger partial charge in [0.05, 0.1) is 0 Å². The van der Waals surface area contributed by atoms with Crippen LogP contribution in [0.4, 0.5) is 0 Å². The van der Waals surface area contributed by atoms with Crippen molar-refractivity contribution in [3.63, 3.8) is 0 Å². The third-order valence-corrected chi connectivity index (χ3v) is 4.94. The third-order valence-electron chi connectivity index (χ3n) is 4.25. The lowest BCUT2D eigenvalue weighted by Gasteiger charge is -2.11. The topological polar surface area (TPSA) is 52.2 Å². The van der Waals surface area contributed by atoms with Crippen LogP contribution in [0.3, 0.4) is 0 Å². The number of H-pyrrole nitrogens is 1. The van der Waals surface area contributed by atoms with E-state index in [1.54, 1.807) is 0 Å². The first-order valence-electron chi connectivity index (χ1n) is 8.81. The molecule has 132 valence electrons. The van der Waals surface area contributed by atoms with Crippen molar-refractivity contribution in [3.8, 4) is 0 Å². The van der Waals surface area contributed by atoms with E-state index < -0.39 is 0 Å². The van der Waals surface area contributed by atoms with E-state index in [1.165, 1.54) is 40.6 Å². The second-order valence-corrected chi connectivity index (χ2v) is 6.87. The van der Waals surface area contributed by atoms with Gasteiger partial charge in [-0.1, -0.05) is 25.1 Å². The lowest BCUT2D eigenvalue weighted by Crippen LogP contribution is -2.38. The molecule has 1 heterocycles. The summed E-state index contributed by atoms with van der Waals surface area (Å²) < 4.78 is 0. The molecule has 0 fully saturated rings. The van der Waals surface area contributed by atoms with Crippen molar-refractivity contribution in [1.29, 1.82) is 0 Å². The molecule has 0 spiro atoms. The van der Waals surface area contributed by atoms with Crippen LogP contribution in [0.15, 0.2) is 29.4 Å². The largest absolute Gasteiger partial charge is 0.361 e. The maximum absolute atomic E-state index is 4.30. The zero-order valence-corrected chi connectivity index (χ0v) is 15.9. The molecule has 0 saturated carbocycles. The number of thioether (sulfide) groups is 1. The summed E-state index contributed by atoms with van der Waals surface area (Å²) in [4.78, 5) is 7.73. The molecule has 24 heavy (non-hydrogen) atoms. The van der Waals surface area contributed by atoms with E-state index in [0.717, 1.165) is 31.9 Å². The summed E-state index contributed by atoms with van der Waals surface area (Å²) >= 11 is 1.91. The van der Waals surface area contributed by atoms with E-state index in [-0.39, 0.29) is 0 Å². The van der Waals surface area contributed by atoms with Crippen LogP contribution in [-0.4, -0.2) is 43.1 Å². The van der Waals surface area contributed by atoms with Gasteiger partial charge in [0, 0.05) is 37.2 Å². The van der Waals surface area contributed by atoms with E-state index in [0.29, 0.717) is 0 Å². The van der Waals surface area contributed by atoms with Crippen LogP contribution >= 0.6 is 11.8 Å². The molecule has 0 aliphatic carbocycles. The van der Waals surface area contributed by atoms with Gasteiger partial charge in [0.2, 0.25) is 0 Å². The maximum atomic E-state index is 4.30. The van der Waals surface area contributed by atoms with Crippen LogP contribution in [0.25, 0.3) is 10.9 Å². The summed E-state index contributed by atoms with van der Waals surface area (Å²) in [5.74, 6) is 2.13. The Hall–Kier alpha value is -1.62. The Kier molecular flexibility index (Phi) is 8.02. The van der Waals surface area contributed by atoms with Crippen LogP contribution in [0, 0.1) is 0 Å². The summed E-state index contributed by atoms with van der Waals surface area (Å²) in [6, 6.07) is 6.56. The molecule has 0 aliphatic rings. The molecule has 1 aromatic heterocycles. The number of aromatic amines is 1. The van der Waals surface area contributed by atoms with Crippen molar-refractivity contribution < 1.29 is 0 Å². The van der Waals surface area contributed by atoms with E-state index in [2.05, 4.69) is 58.2 Å². The maximum Gasteiger partial charge on any atom is 0.190 e. The number of hydrogen-bond acceptors (Lipinski definition) is 2. The molecule has 0 unspecified atom stereocenters. The minimum absolute atomic E-state index is 0.883. The minimum Gasteiger partial charge on any atom is -0.361 e. The normalized spacial score (nSPS) is 11.9. The predicted molar refractivity (Wildman–Crippen MR) is 108 cm³/mol. The highest BCUT2D eigenvalue weighted by Crippen LogP contribution is 2.22. The molecule has 3 N–H and O–H groups in total. The van der Waals surface area contributed by atoms with Gasteiger partial charge in [0.15, 0.2) is 5.96 Å². The Balaban J connectivity index is 1.81. The SMILES string of the molecule is CCc1cccc2c(CCNC(=NC)NCCCCSC)c[nH]c12. The Morgan fingerprint density at radius 2 is 2.00 bits per heavy atom. The third kappa shape index (κ3) is 5.20.